The first-order valence-corrected chi connectivity index (χ1v) is 8.05. The zero-order chi connectivity index (χ0) is 15.8. The van der Waals surface area contributed by atoms with Gasteiger partial charge in [0.1, 0.15) is 5.78 Å². The molecule has 1 aliphatic carbocycles. The highest BCUT2D eigenvalue weighted by molar-refractivity contribution is 5.78. The Morgan fingerprint density at radius 1 is 0.952 bits per heavy atom. The summed E-state index contributed by atoms with van der Waals surface area (Å²) in [5, 5.41) is 28.7. The predicted octanol–water partition coefficient (Wildman–Crippen LogP) is 2.14. The minimum absolute atomic E-state index is 0.00457. The summed E-state index contributed by atoms with van der Waals surface area (Å²) >= 11 is 0. The van der Waals surface area contributed by atoms with Crippen molar-refractivity contribution in [1.82, 2.24) is 0 Å². The van der Waals surface area contributed by atoms with Gasteiger partial charge in [0, 0.05) is 19.3 Å². The molecule has 0 aliphatic heterocycles. The standard InChI is InChI=1S/C16H28O5/c1-2-3-4-5-11(17)6-7-12-13(8-9-16(20)21)15(19)10-14(12)18/h12-15,18-19H,2-10H2,1H3,(H,20,21)/t12-,13+,14-,15+/m1/s1. The Kier molecular flexibility index (Phi) is 7.89. The summed E-state index contributed by atoms with van der Waals surface area (Å²) in [4.78, 5) is 22.5. The molecule has 3 N–H and O–H groups in total. The number of aliphatic hydroxyl groups is 2. The first-order chi connectivity index (χ1) is 9.95. The molecule has 1 rings (SSSR count). The van der Waals surface area contributed by atoms with Gasteiger partial charge in [-0.2, -0.15) is 0 Å². The average Bonchev–Trinajstić information content (AvgIpc) is 2.68. The van der Waals surface area contributed by atoms with E-state index >= 15 is 0 Å². The molecule has 0 spiro atoms. The fraction of sp³-hybridized carbons (Fsp3) is 0.875. The summed E-state index contributed by atoms with van der Waals surface area (Å²) in [5.74, 6) is -1.05. The molecule has 0 unspecified atom stereocenters. The molecule has 21 heavy (non-hydrogen) atoms. The molecule has 0 aromatic carbocycles. The lowest BCUT2D eigenvalue weighted by molar-refractivity contribution is -0.137. The van der Waals surface area contributed by atoms with E-state index in [4.69, 9.17) is 5.11 Å². The van der Waals surface area contributed by atoms with Gasteiger partial charge in [-0.25, -0.2) is 0 Å². The number of rotatable bonds is 10. The highest BCUT2D eigenvalue weighted by Gasteiger charge is 2.41. The number of carboxylic acid groups (broad SMARTS) is 1. The third kappa shape index (κ3) is 6.14. The Balaban J connectivity index is 2.42. The summed E-state index contributed by atoms with van der Waals surface area (Å²) in [7, 11) is 0. The zero-order valence-electron chi connectivity index (χ0n) is 12.8. The minimum Gasteiger partial charge on any atom is -0.481 e. The van der Waals surface area contributed by atoms with Crippen molar-refractivity contribution in [3.63, 3.8) is 0 Å². The van der Waals surface area contributed by atoms with Gasteiger partial charge in [-0.15, -0.1) is 0 Å². The van der Waals surface area contributed by atoms with E-state index in [0.717, 1.165) is 19.3 Å². The number of hydrogen-bond donors (Lipinski definition) is 3. The van der Waals surface area contributed by atoms with Gasteiger partial charge in [0.2, 0.25) is 0 Å². The molecule has 1 saturated carbocycles. The molecule has 5 heteroatoms. The molecular weight excluding hydrogens is 272 g/mol. The first kappa shape index (κ1) is 18.1. The number of aliphatic carboxylic acids is 1. The predicted molar refractivity (Wildman–Crippen MR) is 78.9 cm³/mol. The molecule has 0 heterocycles. The Bertz CT molecular complexity index is 342. The normalized spacial score (nSPS) is 28.7. The lowest BCUT2D eigenvalue weighted by Gasteiger charge is -2.22. The van der Waals surface area contributed by atoms with Gasteiger partial charge >= 0.3 is 5.97 Å². The molecule has 1 aliphatic rings. The maximum absolute atomic E-state index is 11.8. The van der Waals surface area contributed by atoms with E-state index in [1.54, 1.807) is 0 Å². The number of carbonyl (C=O) groups excluding carboxylic acids is 1. The van der Waals surface area contributed by atoms with Crippen LogP contribution in [-0.2, 0) is 9.59 Å². The molecular formula is C16H28O5. The van der Waals surface area contributed by atoms with Crippen molar-refractivity contribution in [2.75, 3.05) is 0 Å². The van der Waals surface area contributed by atoms with Crippen LogP contribution in [0.25, 0.3) is 0 Å². The van der Waals surface area contributed by atoms with Gasteiger partial charge < -0.3 is 15.3 Å². The molecule has 0 amide bonds. The third-order valence-electron chi connectivity index (χ3n) is 4.53. The molecule has 122 valence electrons. The van der Waals surface area contributed by atoms with E-state index in [9.17, 15) is 19.8 Å². The van der Waals surface area contributed by atoms with Crippen LogP contribution in [0.5, 0.6) is 0 Å². The van der Waals surface area contributed by atoms with Crippen LogP contribution in [-0.4, -0.2) is 39.3 Å². The molecule has 0 saturated heterocycles. The number of unbranched alkanes of at least 4 members (excludes halogenated alkanes) is 2. The highest BCUT2D eigenvalue weighted by atomic mass is 16.4. The fourth-order valence-corrected chi connectivity index (χ4v) is 3.30. The van der Waals surface area contributed by atoms with Gasteiger partial charge in [-0.05, 0) is 37.5 Å². The first-order valence-electron chi connectivity index (χ1n) is 8.05. The second-order valence-corrected chi connectivity index (χ2v) is 6.16. The third-order valence-corrected chi connectivity index (χ3v) is 4.53. The highest BCUT2D eigenvalue weighted by Crippen LogP contribution is 2.38. The van der Waals surface area contributed by atoms with Crippen molar-refractivity contribution >= 4 is 11.8 Å². The van der Waals surface area contributed by atoms with E-state index < -0.39 is 18.2 Å². The lowest BCUT2D eigenvalue weighted by Crippen LogP contribution is -2.24. The number of ketones is 1. The quantitative estimate of drug-likeness (QED) is 0.537. The van der Waals surface area contributed by atoms with Gasteiger partial charge in [0.15, 0.2) is 0 Å². The van der Waals surface area contributed by atoms with E-state index in [0.29, 0.717) is 32.1 Å². The summed E-state index contributed by atoms with van der Waals surface area (Å²) in [6.07, 6.45) is 3.97. The number of carbonyl (C=O) groups is 2. The van der Waals surface area contributed by atoms with Crippen LogP contribution >= 0.6 is 0 Å². The topological polar surface area (TPSA) is 94.8 Å². The summed E-state index contributed by atoms with van der Waals surface area (Å²) in [5.41, 5.74) is 0. The van der Waals surface area contributed by atoms with Crippen molar-refractivity contribution in [2.45, 2.75) is 76.9 Å². The Morgan fingerprint density at radius 2 is 1.52 bits per heavy atom. The van der Waals surface area contributed by atoms with Crippen LogP contribution in [0.4, 0.5) is 0 Å². The molecule has 0 aromatic rings. The number of Topliss-reactive ketones (excluding diaryl/α,β-unsaturated/α-hetero) is 1. The van der Waals surface area contributed by atoms with Crippen LogP contribution in [0.1, 0.15) is 64.7 Å². The molecule has 5 nitrogen and oxygen atoms in total. The average molecular weight is 300 g/mol. The van der Waals surface area contributed by atoms with Gasteiger partial charge in [0.25, 0.3) is 0 Å². The van der Waals surface area contributed by atoms with Crippen molar-refractivity contribution in [3.05, 3.63) is 0 Å². The smallest absolute Gasteiger partial charge is 0.303 e. The second-order valence-electron chi connectivity index (χ2n) is 6.16. The Labute approximate surface area is 126 Å². The molecule has 4 atom stereocenters. The Morgan fingerprint density at radius 3 is 2.05 bits per heavy atom. The van der Waals surface area contributed by atoms with Crippen molar-refractivity contribution in [3.8, 4) is 0 Å². The SMILES string of the molecule is CCCCCC(=O)CC[C@@H]1[C@H](CCC(=O)O)[C@@H](O)C[C@H]1O. The second kappa shape index (κ2) is 9.15. The van der Waals surface area contributed by atoms with Crippen LogP contribution in [0.15, 0.2) is 0 Å². The van der Waals surface area contributed by atoms with Gasteiger partial charge in [-0.1, -0.05) is 19.8 Å². The summed E-state index contributed by atoms with van der Waals surface area (Å²) in [6, 6.07) is 0. The maximum Gasteiger partial charge on any atom is 0.303 e. The molecule has 0 radical (unpaired) electrons. The van der Waals surface area contributed by atoms with Crippen molar-refractivity contribution in [2.24, 2.45) is 11.8 Å². The fourth-order valence-electron chi connectivity index (χ4n) is 3.30. The van der Waals surface area contributed by atoms with Gasteiger partial charge in [0.05, 0.1) is 12.2 Å². The van der Waals surface area contributed by atoms with E-state index in [1.807, 2.05) is 0 Å². The summed E-state index contributed by atoms with van der Waals surface area (Å²) in [6.45, 7) is 2.09. The number of aliphatic hydroxyl groups excluding tert-OH is 2. The summed E-state index contributed by atoms with van der Waals surface area (Å²) < 4.78 is 0. The molecule has 1 fully saturated rings. The van der Waals surface area contributed by atoms with Crippen LogP contribution in [0.3, 0.4) is 0 Å². The van der Waals surface area contributed by atoms with Crippen LogP contribution in [0.2, 0.25) is 0 Å². The number of carboxylic acids is 1. The van der Waals surface area contributed by atoms with Crippen LogP contribution < -0.4 is 0 Å². The molecule has 0 bridgehead atoms. The van der Waals surface area contributed by atoms with E-state index in [2.05, 4.69) is 6.92 Å². The van der Waals surface area contributed by atoms with E-state index in [-0.39, 0.29) is 24.0 Å². The van der Waals surface area contributed by atoms with Crippen molar-refractivity contribution in [1.29, 1.82) is 0 Å². The minimum atomic E-state index is -0.891. The zero-order valence-corrected chi connectivity index (χ0v) is 12.8. The largest absolute Gasteiger partial charge is 0.481 e. The number of hydrogen-bond acceptors (Lipinski definition) is 4. The van der Waals surface area contributed by atoms with Crippen molar-refractivity contribution < 1.29 is 24.9 Å². The monoisotopic (exact) mass is 300 g/mol. The maximum atomic E-state index is 11.8. The van der Waals surface area contributed by atoms with Gasteiger partial charge in [-0.3, -0.25) is 9.59 Å². The van der Waals surface area contributed by atoms with E-state index in [1.165, 1.54) is 0 Å². The lowest BCUT2D eigenvalue weighted by atomic mass is 9.85. The van der Waals surface area contributed by atoms with Crippen LogP contribution in [0, 0.1) is 11.8 Å². The molecule has 0 aromatic heterocycles. The Hall–Kier alpha value is -0.940.